The maximum atomic E-state index is 3.46. The molecule has 0 spiro atoms. The topological polar surface area (TPSA) is 9.86 Å². The van der Waals surface area contributed by atoms with Gasteiger partial charge in [-0.15, -0.1) is 0 Å². The normalized spacial score (nSPS) is 11.4. The molecule has 0 amide bonds. The van der Waals surface area contributed by atoms with Crippen molar-refractivity contribution in [3.05, 3.63) is 267 Å². The number of rotatable bonds is 8. The molecule has 0 aliphatic rings. The summed E-state index contributed by atoms with van der Waals surface area (Å²) < 4.78 is 4.77. The molecule has 0 aliphatic heterocycles. The standard InChI is InChI=1S/C60H40N2.C5H8/c1-2-14-41(15-3-1)44-16-12-17-45(38-44)46-18-13-19-47(39-46)48-32-37-51(42-28-33-49(34-29-42)61-57-24-8-4-20-52(57)53-21-5-9-25-58(53)61)56(40-48)43-30-35-50(36-31-43)62-59-26-10-6-22-54(59)55-23-7-11-27-60(55)62;1-3-5-4-2/h1-40H;3-5H,1H2,2H3/b;5-4-. The van der Waals surface area contributed by atoms with Gasteiger partial charge in [-0.3, -0.25) is 0 Å². The van der Waals surface area contributed by atoms with Crippen LogP contribution in [-0.2, 0) is 0 Å². The molecule has 0 radical (unpaired) electrons. The summed E-state index contributed by atoms with van der Waals surface area (Å²) >= 11 is 0. The maximum Gasteiger partial charge on any atom is 0.0541 e. The maximum absolute atomic E-state index is 3.46. The molecule has 0 aliphatic carbocycles. The summed E-state index contributed by atoms with van der Waals surface area (Å²) in [5, 5.41) is 5.06. The molecule has 12 aromatic rings. The van der Waals surface area contributed by atoms with E-state index in [0.29, 0.717) is 0 Å². The lowest BCUT2D eigenvalue weighted by atomic mass is 9.90. The molecule has 2 nitrogen and oxygen atoms in total. The van der Waals surface area contributed by atoms with Crippen molar-refractivity contribution in [3.63, 3.8) is 0 Å². The third-order valence-corrected chi connectivity index (χ3v) is 12.9. The first-order chi connectivity index (χ1) is 33.2. The Kier molecular flexibility index (Phi) is 11.0. The van der Waals surface area contributed by atoms with Crippen molar-refractivity contribution in [2.45, 2.75) is 6.92 Å². The molecule has 2 aromatic heterocycles. The van der Waals surface area contributed by atoms with Crippen molar-refractivity contribution in [2.75, 3.05) is 0 Å². The fourth-order valence-electron chi connectivity index (χ4n) is 9.72. The van der Waals surface area contributed by atoms with Crippen LogP contribution in [0.25, 0.3) is 111 Å². The predicted molar refractivity (Wildman–Crippen MR) is 287 cm³/mol. The van der Waals surface area contributed by atoms with Crippen molar-refractivity contribution in [3.8, 4) is 67.0 Å². The molecule has 2 heterocycles. The van der Waals surface area contributed by atoms with Crippen LogP contribution in [0.1, 0.15) is 6.92 Å². The second kappa shape index (κ2) is 18.0. The van der Waals surface area contributed by atoms with Crippen LogP contribution in [-0.4, -0.2) is 9.13 Å². The lowest BCUT2D eigenvalue weighted by Crippen LogP contribution is -1.95. The highest BCUT2D eigenvalue weighted by atomic mass is 15.0. The van der Waals surface area contributed by atoms with E-state index in [2.05, 4.69) is 258 Å². The third-order valence-electron chi connectivity index (χ3n) is 12.9. The molecule has 10 aromatic carbocycles. The van der Waals surface area contributed by atoms with Gasteiger partial charge in [0.15, 0.2) is 0 Å². The largest absolute Gasteiger partial charge is 0.309 e. The Bertz CT molecular complexity index is 3640. The minimum Gasteiger partial charge on any atom is -0.309 e. The minimum absolute atomic E-state index is 1.14. The van der Waals surface area contributed by atoms with Crippen molar-refractivity contribution >= 4 is 43.6 Å². The molecule has 0 fully saturated rings. The second-order valence-electron chi connectivity index (χ2n) is 16.9. The zero-order valence-electron chi connectivity index (χ0n) is 37.4. The smallest absolute Gasteiger partial charge is 0.0541 e. The number of para-hydroxylation sites is 4. The zero-order chi connectivity index (χ0) is 45.1. The van der Waals surface area contributed by atoms with Crippen LogP contribution in [0.4, 0.5) is 0 Å². The minimum atomic E-state index is 1.14. The quantitative estimate of drug-likeness (QED) is 0.135. The van der Waals surface area contributed by atoms with Crippen LogP contribution >= 0.6 is 0 Å². The predicted octanol–water partition coefficient (Wildman–Crippen LogP) is 18.0. The van der Waals surface area contributed by atoms with Crippen LogP contribution < -0.4 is 0 Å². The summed E-state index contributed by atoms with van der Waals surface area (Å²) in [4.78, 5) is 0. The van der Waals surface area contributed by atoms with Gasteiger partial charge in [0.05, 0.1) is 22.1 Å². The summed E-state index contributed by atoms with van der Waals surface area (Å²) in [5.74, 6) is 0. The molecule has 2 heteroatoms. The Balaban J connectivity index is 0.000000941. The van der Waals surface area contributed by atoms with Gasteiger partial charge in [0.2, 0.25) is 0 Å². The molecule has 0 bridgehead atoms. The number of fused-ring (bicyclic) bond motifs is 6. The average Bonchev–Trinajstić information content (AvgIpc) is 3.92. The molecule has 0 N–H and O–H groups in total. The highest BCUT2D eigenvalue weighted by Gasteiger charge is 2.16. The Labute approximate surface area is 392 Å². The molecule has 318 valence electrons. The number of benzene rings is 10. The monoisotopic (exact) mass is 856 g/mol. The van der Waals surface area contributed by atoms with Gasteiger partial charge in [0.1, 0.15) is 0 Å². The molecule has 12 rings (SSSR count). The van der Waals surface area contributed by atoms with Gasteiger partial charge in [-0.1, -0.05) is 201 Å². The van der Waals surface area contributed by atoms with Crippen molar-refractivity contribution in [2.24, 2.45) is 0 Å². The number of hydrogen-bond donors (Lipinski definition) is 0. The molecule has 0 saturated heterocycles. The fourth-order valence-corrected chi connectivity index (χ4v) is 9.72. The summed E-state index contributed by atoms with van der Waals surface area (Å²) in [6, 6.07) is 88.4. The van der Waals surface area contributed by atoms with Gasteiger partial charge in [-0.2, -0.15) is 0 Å². The zero-order valence-corrected chi connectivity index (χ0v) is 37.4. The number of nitrogens with zero attached hydrogens (tertiary/aromatic N) is 2. The van der Waals surface area contributed by atoms with Gasteiger partial charge in [-0.05, 0) is 129 Å². The van der Waals surface area contributed by atoms with Crippen LogP contribution in [0.3, 0.4) is 0 Å². The Hall–Kier alpha value is -8.72. The summed E-state index contributed by atoms with van der Waals surface area (Å²) in [7, 11) is 0. The first-order valence-electron chi connectivity index (χ1n) is 23.0. The van der Waals surface area contributed by atoms with Gasteiger partial charge < -0.3 is 9.13 Å². The van der Waals surface area contributed by atoms with E-state index in [1.807, 2.05) is 19.1 Å². The number of hydrogen-bond acceptors (Lipinski definition) is 0. The first kappa shape index (κ1) is 41.0. The third kappa shape index (κ3) is 7.75. The van der Waals surface area contributed by atoms with Gasteiger partial charge in [0, 0.05) is 32.9 Å². The molecule has 0 atom stereocenters. The average molecular weight is 857 g/mol. The van der Waals surface area contributed by atoms with Crippen molar-refractivity contribution < 1.29 is 0 Å². The van der Waals surface area contributed by atoms with Crippen molar-refractivity contribution in [1.29, 1.82) is 0 Å². The Morgan fingerprint density at radius 1 is 0.299 bits per heavy atom. The SMILES string of the molecule is C=C/C=C\C.c1ccc(-c2cccc(-c3cccc(-c4ccc(-c5ccc(-n6c7ccccc7c7ccccc76)cc5)c(-c5ccc(-n6c7ccccc7c7ccccc76)cc5)c4)c3)c2)cc1. The Morgan fingerprint density at radius 2 is 0.642 bits per heavy atom. The van der Waals surface area contributed by atoms with Gasteiger partial charge in [0.25, 0.3) is 0 Å². The van der Waals surface area contributed by atoms with E-state index < -0.39 is 0 Å². The fraction of sp³-hybridized carbons (Fsp3) is 0.0154. The highest BCUT2D eigenvalue weighted by molar-refractivity contribution is 6.10. The van der Waals surface area contributed by atoms with E-state index >= 15 is 0 Å². The highest BCUT2D eigenvalue weighted by Crippen LogP contribution is 2.40. The first-order valence-corrected chi connectivity index (χ1v) is 23.0. The van der Waals surface area contributed by atoms with Gasteiger partial charge >= 0.3 is 0 Å². The number of aromatic nitrogens is 2. The lowest BCUT2D eigenvalue weighted by Gasteiger charge is -2.16. The van der Waals surface area contributed by atoms with Gasteiger partial charge in [-0.25, -0.2) is 0 Å². The molecule has 67 heavy (non-hydrogen) atoms. The van der Waals surface area contributed by atoms with E-state index in [1.165, 1.54) is 99.2 Å². The van der Waals surface area contributed by atoms with Crippen LogP contribution in [0.2, 0.25) is 0 Å². The molecular formula is C65H48N2. The van der Waals surface area contributed by atoms with E-state index in [0.717, 1.165) is 11.4 Å². The van der Waals surface area contributed by atoms with Crippen molar-refractivity contribution in [1.82, 2.24) is 9.13 Å². The van der Waals surface area contributed by atoms with E-state index in [9.17, 15) is 0 Å². The van der Waals surface area contributed by atoms with Crippen LogP contribution in [0.15, 0.2) is 267 Å². The molecular weight excluding hydrogens is 809 g/mol. The second-order valence-corrected chi connectivity index (χ2v) is 16.9. The summed E-state index contributed by atoms with van der Waals surface area (Å²) in [6.45, 7) is 5.42. The lowest BCUT2D eigenvalue weighted by molar-refractivity contribution is 1.18. The summed E-state index contributed by atoms with van der Waals surface area (Å²) in [6.07, 6.45) is 5.58. The molecule has 0 saturated carbocycles. The van der Waals surface area contributed by atoms with E-state index in [1.54, 1.807) is 6.08 Å². The van der Waals surface area contributed by atoms with Crippen LogP contribution in [0.5, 0.6) is 0 Å². The Morgan fingerprint density at radius 3 is 1.04 bits per heavy atom. The molecule has 0 unspecified atom stereocenters. The number of allylic oxidation sites excluding steroid dienone is 3. The van der Waals surface area contributed by atoms with Crippen LogP contribution in [0, 0.1) is 0 Å². The van der Waals surface area contributed by atoms with E-state index in [4.69, 9.17) is 0 Å². The van der Waals surface area contributed by atoms with E-state index in [-0.39, 0.29) is 0 Å². The summed E-state index contributed by atoms with van der Waals surface area (Å²) in [5.41, 5.74) is 19.1.